The predicted molar refractivity (Wildman–Crippen MR) is 126 cm³/mol. The minimum atomic E-state index is -1.26. The second-order valence-electron chi connectivity index (χ2n) is 8.23. The summed E-state index contributed by atoms with van der Waals surface area (Å²) in [6, 6.07) is 5.93. The summed E-state index contributed by atoms with van der Waals surface area (Å²) in [4.78, 5) is 60.4. The Morgan fingerprint density at radius 3 is 1.61 bits per heavy atom. The molecule has 0 heterocycles. The average Bonchev–Trinajstić information content (AvgIpc) is 2.74. The fourth-order valence-corrected chi connectivity index (χ4v) is 3.62. The molecule has 1 aromatic carbocycles. The molecule has 0 bridgehead atoms. The summed E-state index contributed by atoms with van der Waals surface area (Å²) < 4.78 is 0. The zero-order chi connectivity index (χ0) is 27.3. The minimum Gasteiger partial charge on any atom is -0.481 e. The molecule has 200 valence electrons. The van der Waals surface area contributed by atoms with Gasteiger partial charge in [-0.1, -0.05) is 12.1 Å². The highest BCUT2D eigenvalue weighted by atomic mass is 16.4. The van der Waals surface area contributed by atoms with Crippen LogP contribution in [0.5, 0.6) is 0 Å². The molecule has 1 unspecified atom stereocenters. The van der Waals surface area contributed by atoms with Crippen molar-refractivity contribution in [1.82, 2.24) is 14.7 Å². The molecule has 0 radical (unpaired) electrons. The third-order valence-electron chi connectivity index (χ3n) is 5.21. The van der Waals surface area contributed by atoms with Crippen molar-refractivity contribution < 1.29 is 49.5 Å². The van der Waals surface area contributed by atoms with E-state index in [4.69, 9.17) is 15.9 Å². The number of nitrogen functional groups attached to an aromatic ring is 1. The van der Waals surface area contributed by atoms with Crippen LogP contribution < -0.4 is 5.73 Å². The number of aliphatic carboxylic acids is 5. The van der Waals surface area contributed by atoms with Gasteiger partial charge in [0, 0.05) is 37.9 Å². The zero-order valence-corrected chi connectivity index (χ0v) is 19.7. The van der Waals surface area contributed by atoms with E-state index in [1.807, 2.05) is 0 Å². The molecule has 0 aliphatic rings. The van der Waals surface area contributed by atoms with Gasteiger partial charge in [0.25, 0.3) is 0 Å². The maximum atomic E-state index is 11.5. The molecule has 0 aliphatic carbocycles. The topological polar surface area (TPSA) is 222 Å². The van der Waals surface area contributed by atoms with Crippen molar-refractivity contribution in [2.45, 2.75) is 18.9 Å². The predicted octanol–water partition coefficient (Wildman–Crippen LogP) is -1.10. The van der Waals surface area contributed by atoms with Gasteiger partial charge in [0.2, 0.25) is 0 Å². The van der Waals surface area contributed by atoms with Gasteiger partial charge in [0.1, 0.15) is 0 Å². The molecule has 14 nitrogen and oxygen atoms in total. The molecule has 36 heavy (non-hydrogen) atoms. The van der Waals surface area contributed by atoms with Gasteiger partial charge in [-0.2, -0.15) is 0 Å². The molecule has 0 spiro atoms. The summed E-state index contributed by atoms with van der Waals surface area (Å²) in [5.74, 6) is -6.01. The molecule has 0 aromatic heterocycles. The van der Waals surface area contributed by atoms with Crippen molar-refractivity contribution in [3.05, 3.63) is 29.8 Å². The van der Waals surface area contributed by atoms with Crippen molar-refractivity contribution in [3.63, 3.8) is 0 Å². The molecule has 0 saturated heterocycles. The van der Waals surface area contributed by atoms with Crippen LogP contribution in [0.4, 0.5) is 5.69 Å². The Kier molecular flexibility index (Phi) is 12.9. The quantitative estimate of drug-likeness (QED) is 0.121. The standard InChI is InChI=1S/C22H32N4O10/c23-16-3-1-15(2-4-16)9-17(26(13-21(33)34)14-22(35)36)10-25(12-20(31)32)8-7-24(11-19(29)30)6-5-18(27)28/h1-4,17H,5-14,23H2,(H,27,28)(H,29,30)(H,31,32)(H,33,34)(H,35,36). The summed E-state index contributed by atoms with van der Waals surface area (Å²) in [7, 11) is 0. The van der Waals surface area contributed by atoms with Crippen molar-refractivity contribution in [1.29, 1.82) is 0 Å². The van der Waals surface area contributed by atoms with Crippen LogP contribution in [0.3, 0.4) is 0 Å². The Hall–Kier alpha value is -3.75. The van der Waals surface area contributed by atoms with Crippen LogP contribution in [0.1, 0.15) is 12.0 Å². The van der Waals surface area contributed by atoms with Gasteiger partial charge in [-0.05, 0) is 24.1 Å². The van der Waals surface area contributed by atoms with E-state index in [0.717, 1.165) is 5.56 Å². The molecule has 0 saturated carbocycles. The molecule has 1 rings (SSSR count). The maximum Gasteiger partial charge on any atom is 0.317 e. The van der Waals surface area contributed by atoms with Crippen molar-refractivity contribution >= 4 is 35.5 Å². The number of rotatable bonds is 19. The lowest BCUT2D eigenvalue weighted by Gasteiger charge is -2.34. The van der Waals surface area contributed by atoms with Crippen LogP contribution >= 0.6 is 0 Å². The van der Waals surface area contributed by atoms with Gasteiger partial charge < -0.3 is 31.3 Å². The summed E-state index contributed by atoms with van der Waals surface area (Å²) in [6.07, 6.45) is -0.119. The Labute approximate surface area is 207 Å². The summed E-state index contributed by atoms with van der Waals surface area (Å²) in [5.41, 5.74) is 6.93. The SMILES string of the molecule is Nc1ccc(CC(CN(CCN(CCC(=O)O)CC(=O)O)CC(=O)O)N(CC(=O)O)CC(=O)O)cc1. The number of nitrogens with zero attached hydrogens (tertiary/aromatic N) is 3. The lowest BCUT2D eigenvalue weighted by Crippen LogP contribution is -2.51. The maximum absolute atomic E-state index is 11.5. The molecule has 1 atom stereocenters. The van der Waals surface area contributed by atoms with E-state index in [0.29, 0.717) is 5.69 Å². The third-order valence-corrected chi connectivity index (χ3v) is 5.21. The van der Waals surface area contributed by atoms with Crippen molar-refractivity contribution in [2.24, 2.45) is 0 Å². The van der Waals surface area contributed by atoms with Gasteiger partial charge in [-0.3, -0.25) is 38.7 Å². The van der Waals surface area contributed by atoms with Gasteiger partial charge in [0.05, 0.1) is 32.6 Å². The average molecular weight is 513 g/mol. The van der Waals surface area contributed by atoms with Crippen LogP contribution in [-0.4, -0.2) is 128 Å². The van der Waals surface area contributed by atoms with E-state index < -0.39 is 62.1 Å². The smallest absolute Gasteiger partial charge is 0.317 e. The number of carboxylic acid groups (broad SMARTS) is 5. The summed E-state index contributed by atoms with van der Waals surface area (Å²) >= 11 is 0. The van der Waals surface area contributed by atoms with E-state index in [2.05, 4.69) is 0 Å². The minimum absolute atomic E-state index is 0.0193. The second kappa shape index (κ2) is 15.3. The Balaban J connectivity index is 3.16. The molecule has 0 amide bonds. The lowest BCUT2D eigenvalue weighted by atomic mass is 10.0. The van der Waals surface area contributed by atoms with Gasteiger partial charge >= 0.3 is 29.8 Å². The van der Waals surface area contributed by atoms with Gasteiger partial charge in [-0.25, -0.2) is 0 Å². The molecule has 7 N–H and O–H groups in total. The highest BCUT2D eigenvalue weighted by Gasteiger charge is 2.27. The number of benzene rings is 1. The highest BCUT2D eigenvalue weighted by Crippen LogP contribution is 2.14. The normalized spacial score (nSPS) is 12.1. The molecular weight excluding hydrogens is 480 g/mol. The summed E-state index contributed by atoms with van der Waals surface area (Å²) in [5, 5.41) is 46.0. The van der Waals surface area contributed by atoms with Gasteiger partial charge in [0.15, 0.2) is 0 Å². The van der Waals surface area contributed by atoms with Gasteiger partial charge in [-0.15, -0.1) is 0 Å². The van der Waals surface area contributed by atoms with Crippen molar-refractivity contribution in [3.8, 4) is 0 Å². The number of carbonyl (C=O) groups is 5. The Morgan fingerprint density at radius 2 is 1.14 bits per heavy atom. The van der Waals surface area contributed by atoms with E-state index in [1.54, 1.807) is 24.3 Å². The van der Waals surface area contributed by atoms with E-state index in [-0.39, 0.29) is 39.0 Å². The molecule has 14 heteroatoms. The molecule has 1 aromatic rings. The third kappa shape index (κ3) is 13.2. The number of nitrogens with two attached hydrogens (primary N) is 1. The first-order chi connectivity index (χ1) is 16.8. The van der Waals surface area contributed by atoms with Crippen LogP contribution in [0, 0.1) is 0 Å². The van der Waals surface area contributed by atoms with Crippen LogP contribution in [0.25, 0.3) is 0 Å². The second-order valence-corrected chi connectivity index (χ2v) is 8.23. The van der Waals surface area contributed by atoms with Crippen molar-refractivity contribution in [2.75, 3.05) is 58.1 Å². The van der Waals surface area contributed by atoms with Crippen LogP contribution in [0.2, 0.25) is 0 Å². The van der Waals surface area contributed by atoms with Crippen LogP contribution in [-0.2, 0) is 30.4 Å². The van der Waals surface area contributed by atoms with E-state index in [1.165, 1.54) is 14.7 Å². The fourth-order valence-electron chi connectivity index (χ4n) is 3.62. The first-order valence-corrected chi connectivity index (χ1v) is 11.0. The Morgan fingerprint density at radius 1 is 0.667 bits per heavy atom. The molecule has 0 fully saturated rings. The highest BCUT2D eigenvalue weighted by molar-refractivity contribution is 5.73. The zero-order valence-electron chi connectivity index (χ0n) is 19.7. The monoisotopic (exact) mass is 512 g/mol. The van der Waals surface area contributed by atoms with E-state index in [9.17, 15) is 39.3 Å². The number of carboxylic acids is 5. The number of anilines is 1. The number of hydrogen-bond acceptors (Lipinski definition) is 9. The largest absolute Gasteiger partial charge is 0.481 e. The fraction of sp³-hybridized carbons (Fsp3) is 0.500. The van der Waals surface area contributed by atoms with E-state index >= 15 is 0 Å². The summed E-state index contributed by atoms with van der Waals surface area (Å²) in [6.45, 7) is -2.20. The first kappa shape index (κ1) is 30.3. The Bertz CT molecular complexity index is 893. The molecular formula is C22H32N4O10. The first-order valence-electron chi connectivity index (χ1n) is 11.0. The number of hydrogen-bond donors (Lipinski definition) is 6. The lowest BCUT2D eigenvalue weighted by molar-refractivity contribution is -0.144. The van der Waals surface area contributed by atoms with Crippen LogP contribution in [0.15, 0.2) is 24.3 Å². The molecule has 0 aliphatic heterocycles.